The molecule has 112 valence electrons. The molecule has 0 spiro atoms. The van der Waals surface area contributed by atoms with Gasteiger partial charge in [0.15, 0.2) is 0 Å². The summed E-state index contributed by atoms with van der Waals surface area (Å²) in [5, 5.41) is 1.32. The number of nitrogens with two attached hydrogens (primary N) is 1. The molecule has 0 saturated heterocycles. The second-order valence-corrected chi connectivity index (χ2v) is 4.79. The normalized spacial score (nSPS) is 10.0. The molecule has 2 rings (SSSR count). The Bertz CT molecular complexity index is 506. The summed E-state index contributed by atoms with van der Waals surface area (Å²) in [6.07, 6.45) is 0.846. The van der Waals surface area contributed by atoms with E-state index >= 15 is 0 Å². The maximum atomic E-state index is 12.6. The maximum absolute atomic E-state index is 12.6. The van der Waals surface area contributed by atoms with Crippen molar-refractivity contribution in [2.45, 2.75) is 19.3 Å². The van der Waals surface area contributed by atoms with Crippen molar-refractivity contribution >= 4 is 18.3 Å². The highest BCUT2D eigenvalue weighted by Crippen LogP contribution is 2.26. The summed E-state index contributed by atoms with van der Waals surface area (Å²) in [4.78, 5) is 12.6. The van der Waals surface area contributed by atoms with Crippen LogP contribution in [0.5, 0.6) is 0 Å². The Balaban J connectivity index is 0.00000220. The van der Waals surface area contributed by atoms with E-state index in [0.717, 1.165) is 17.5 Å². The van der Waals surface area contributed by atoms with E-state index in [0.29, 0.717) is 6.54 Å². The largest absolute Gasteiger partial charge is 0.280 e. The van der Waals surface area contributed by atoms with Gasteiger partial charge in [0, 0.05) is 6.54 Å². The number of hydrogen-bond donors (Lipinski definition) is 1. The molecular formula is C17H21ClN2O. The van der Waals surface area contributed by atoms with Crippen molar-refractivity contribution in [3.05, 3.63) is 71.8 Å². The lowest BCUT2D eigenvalue weighted by Crippen LogP contribution is -2.41. The molecule has 0 bridgehead atoms. The molecule has 21 heavy (non-hydrogen) atoms. The fraction of sp³-hybridized carbons (Fsp3) is 0.235. The first-order valence-corrected chi connectivity index (χ1v) is 6.90. The summed E-state index contributed by atoms with van der Waals surface area (Å²) in [6, 6.07) is 19.5. The highest BCUT2D eigenvalue weighted by molar-refractivity contribution is 5.86. The number of nitrogens with zero attached hydrogens (tertiary/aromatic N) is 1. The Morgan fingerprint density at radius 2 is 1.43 bits per heavy atom. The van der Waals surface area contributed by atoms with Crippen LogP contribution in [0.1, 0.15) is 30.4 Å². The summed E-state index contributed by atoms with van der Waals surface area (Å²) in [5.74, 6) is 5.48. The van der Waals surface area contributed by atoms with E-state index in [1.54, 1.807) is 0 Å². The zero-order valence-corrected chi connectivity index (χ0v) is 12.9. The van der Waals surface area contributed by atoms with Gasteiger partial charge in [-0.25, -0.2) is 5.84 Å². The third-order valence-electron chi connectivity index (χ3n) is 3.26. The summed E-state index contributed by atoms with van der Waals surface area (Å²) in [6.45, 7) is 2.57. The van der Waals surface area contributed by atoms with Gasteiger partial charge in [0.05, 0.1) is 5.92 Å². The van der Waals surface area contributed by atoms with Crippen LogP contribution in [0, 0.1) is 0 Å². The zero-order valence-electron chi connectivity index (χ0n) is 12.1. The molecule has 2 aromatic carbocycles. The van der Waals surface area contributed by atoms with Crippen LogP contribution in [0.3, 0.4) is 0 Å². The second kappa shape index (κ2) is 8.45. The van der Waals surface area contributed by atoms with Gasteiger partial charge in [0.2, 0.25) is 5.91 Å². The molecule has 3 nitrogen and oxygen atoms in total. The van der Waals surface area contributed by atoms with Crippen molar-refractivity contribution in [2.75, 3.05) is 6.54 Å². The number of carbonyl (C=O) groups excluding carboxylic acids is 1. The minimum Gasteiger partial charge on any atom is -0.280 e. The van der Waals surface area contributed by atoms with E-state index in [-0.39, 0.29) is 24.2 Å². The topological polar surface area (TPSA) is 46.3 Å². The first-order chi connectivity index (χ1) is 9.74. The number of halogens is 1. The van der Waals surface area contributed by atoms with Gasteiger partial charge >= 0.3 is 0 Å². The molecule has 0 radical (unpaired) electrons. The van der Waals surface area contributed by atoms with Gasteiger partial charge in [-0.3, -0.25) is 9.80 Å². The van der Waals surface area contributed by atoms with Crippen molar-refractivity contribution in [3.63, 3.8) is 0 Å². The molecule has 2 aromatic rings. The first-order valence-electron chi connectivity index (χ1n) is 6.90. The van der Waals surface area contributed by atoms with Gasteiger partial charge in [-0.2, -0.15) is 0 Å². The Kier molecular flexibility index (Phi) is 6.92. The Labute approximate surface area is 132 Å². The number of amides is 1. The lowest BCUT2D eigenvalue weighted by molar-refractivity contribution is -0.132. The average molecular weight is 305 g/mol. The van der Waals surface area contributed by atoms with Gasteiger partial charge in [-0.1, -0.05) is 67.6 Å². The van der Waals surface area contributed by atoms with Crippen molar-refractivity contribution in [1.29, 1.82) is 0 Å². The predicted molar refractivity (Wildman–Crippen MR) is 88.2 cm³/mol. The fourth-order valence-corrected chi connectivity index (χ4v) is 2.29. The van der Waals surface area contributed by atoms with Gasteiger partial charge in [0.1, 0.15) is 0 Å². The third kappa shape index (κ3) is 4.31. The molecule has 0 aliphatic rings. The van der Waals surface area contributed by atoms with E-state index in [4.69, 9.17) is 5.84 Å². The standard InChI is InChI=1S/C17H20N2O.ClH/c1-2-13-19(18)17(20)16(14-9-5-3-6-10-14)15-11-7-4-8-12-15;/h3-12,16H,2,13,18H2,1H3;1H. The summed E-state index contributed by atoms with van der Waals surface area (Å²) < 4.78 is 0. The van der Waals surface area contributed by atoms with Gasteiger partial charge in [-0.05, 0) is 17.5 Å². The predicted octanol–water partition coefficient (Wildman–Crippen LogP) is 3.35. The van der Waals surface area contributed by atoms with E-state index in [9.17, 15) is 4.79 Å². The van der Waals surface area contributed by atoms with Crippen molar-refractivity contribution in [2.24, 2.45) is 5.84 Å². The molecule has 1 amide bonds. The molecule has 4 heteroatoms. The molecule has 0 aliphatic heterocycles. The number of hydrazine groups is 1. The van der Waals surface area contributed by atoms with Crippen LogP contribution in [0.2, 0.25) is 0 Å². The molecule has 0 saturated carbocycles. The van der Waals surface area contributed by atoms with Crippen LogP contribution in [-0.4, -0.2) is 17.5 Å². The molecular weight excluding hydrogens is 284 g/mol. The summed E-state index contributed by atoms with van der Waals surface area (Å²) in [5.41, 5.74) is 1.94. The molecule has 0 fully saturated rings. The molecule has 0 aromatic heterocycles. The number of benzene rings is 2. The summed E-state index contributed by atoms with van der Waals surface area (Å²) >= 11 is 0. The Morgan fingerprint density at radius 1 is 1.00 bits per heavy atom. The highest BCUT2D eigenvalue weighted by Gasteiger charge is 2.25. The van der Waals surface area contributed by atoms with Gasteiger partial charge in [-0.15, -0.1) is 12.4 Å². The number of carbonyl (C=O) groups is 1. The van der Waals surface area contributed by atoms with Crippen LogP contribution in [-0.2, 0) is 4.79 Å². The second-order valence-electron chi connectivity index (χ2n) is 4.79. The van der Waals surface area contributed by atoms with Crippen LogP contribution < -0.4 is 5.84 Å². The van der Waals surface area contributed by atoms with E-state index in [1.165, 1.54) is 5.01 Å². The minimum absolute atomic E-state index is 0. The van der Waals surface area contributed by atoms with E-state index in [2.05, 4.69) is 0 Å². The van der Waals surface area contributed by atoms with Crippen LogP contribution >= 0.6 is 12.4 Å². The van der Waals surface area contributed by atoms with Crippen molar-refractivity contribution in [1.82, 2.24) is 5.01 Å². The highest BCUT2D eigenvalue weighted by atomic mass is 35.5. The lowest BCUT2D eigenvalue weighted by atomic mass is 9.90. The number of rotatable bonds is 5. The van der Waals surface area contributed by atoms with E-state index < -0.39 is 0 Å². The third-order valence-corrected chi connectivity index (χ3v) is 3.26. The van der Waals surface area contributed by atoms with Crippen molar-refractivity contribution in [3.8, 4) is 0 Å². The number of hydrogen-bond acceptors (Lipinski definition) is 2. The smallest absolute Gasteiger partial charge is 0.248 e. The van der Waals surface area contributed by atoms with Crippen molar-refractivity contribution < 1.29 is 4.79 Å². The van der Waals surface area contributed by atoms with E-state index in [1.807, 2.05) is 67.6 Å². The van der Waals surface area contributed by atoms with Crippen LogP contribution in [0.25, 0.3) is 0 Å². The lowest BCUT2D eigenvalue weighted by Gasteiger charge is -2.23. The maximum Gasteiger partial charge on any atom is 0.248 e. The van der Waals surface area contributed by atoms with Crippen LogP contribution in [0.15, 0.2) is 60.7 Å². The molecule has 0 heterocycles. The SMILES string of the molecule is CCCN(N)C(=O)C(c1ccccc1)c1ccccc1.Cl. The Morgan fingerprint density at radius 3 is 1.81 bits per heavy atom. The Hall–Kier alpha value is -1.84. The van der Waals surface area contributed by atoms with Crippen LogP contribution in [0.4, 0.5) is 0 Å². The summed E-state index contributed by atoms with van der Waals surface area (Å²) in [7, 11) is 0. The minimum atomic E-state index is -0.339. The fourth-order valence-electron chi connectivity index (χ4n) is 2.29. The van der Waals surface area contributed by atoms with Gasteiger partial charge < -0.3 is 0 Å². The molecule has 0 aliphatic carbocycles. The zero-order chi connectivity index (χ0) is 14.4. The quantitative estimate of drug-likeness (QED) is 0.523. The molecule has 0 unspecified atom stereocenters. The van der Waals surface area contributed by atoms with Gasteiger partial charge in [0.25, 0.3) is 0 Å². The first kappa shape index (κ1) is 17.2. The molecule has 0 atom stereocenters. The average Bonchev–Trinajstić information content (AvgIpc) is 2.50. The molecule has 2 N–H and O–H groups in total. The monoisotopic (exact) mass is 304 g/mol.